The van der Waals surface area contributed by atoms with Crippen LogP contribution in [0.15, 0.2) is 54.7 Å². The number of likely N-dealkylation sites (N-methyl/N-ethyl adjacent to an activating group) is 2. The third-order valence-electron chi connectivity index (χ3n) is 6.27. The number of benzene rings is 2. The molecule has 0 aliphatic heterocycles. The van der Waals surface area contributed by atoms with Crippen molar-refractivity contribution in [2.45, 2.75) is 31.4 Å². The molecule has 220 valence electrons. The van der Waals surface area contributed by atoms with Crippen LogP contribution in [0.5, 0.6) is 0 Å². The Balaban J connectivity index is 1.63. The minimum Gasteiger partial charge on any atom is -0.462 e. The predicted octanol–water partition coefficient (Wildman–Crippen LogP) is 3.89. The van der Waals surface area contributed by atoms with Crippen LogP contribution in [0.3, 0.4) is 0 Å². The molecule has 3 rings (SSSR count). The number of aromatic nitrogens is 1. The molecule has 0 aliphatic carbocycles. The Morgan fingerprint density at radius 3 is 2.51 bits per heavy atom. The first-order chi connectivity index (χ1) is 19.5. The highest BCUT2D eigenvalue weighted by molar-refractivity contribution is 6.31. The zero-order valence-corrected chi connectivity index (χ0v) is 23.9. The van der Waals surface area contributed by atoms with Gasteiger partial charge in [0.2, 0.25) is 5.91 Å². The van der Waals surface area contributed by atoms with Gasteiger partial charge in [-0.25, -0.2) is 14.2 Å². The number of anilines is 1. The molecule has 0 bridgehead atoms. The maximum atomic E-state index is 13.8. The average Bonchev–Trinajstić information content (AvgIpc) is 2.94. The van der Waals surface area contributed by atoms with E-state index in [-0.39, 0.29) is 55.8 Å². The van der Waals surface area contributed by atoms with Crippen molar-refractivity contribution in [2.75, 3.05) is 46.2 Å². The van der Waals surface area contributed by atoms with Crippen LogP contribution >= 0.6 is 11.6 Å². The molecule has 10 nitrogen and oxygen atoms in total. The topological polar surface area (TPSA) is 121 Å². The molecule has 2 amide bonds. The van der Waals surface area contributed by atoms with Crippen LogP contribution in [0, 0.1) is 5.82 Å². The number of nitrogens with one attached hydrogen (secondary N) is 1. The standard InChI is InChI=1S/C29H34ClFN4O6/c1-34(2)16-27(38)40-18-23(36)14-22(35(3)26(37)12-11-19-9-6-10-24(31)28(19)30)17-41-29(39)33-25-13-20-7-4-5-8-21(20)15-32-25/h4-10,13,15,22-23,36H,11-12,14,16-18H2,1-3H3,(H,32,33,39)/t22-,23?/m0/s1. The molecule has 41 heavy (non-hydrogen) atoms. The fourth-order valence-electron chi connectivity index (χ4n) is 4.04. The van der Waals surface area contributed by atoms with E-state index in [0.29, 0.717) is 5.56 Å². The summed E-state index contributed by atoms with van der Waals surface area (Å²) in [6.07, 6.45) is -0.160. The Bertz CT molecular complexity index is 1360. The van der Waals surface area contributed by atoms with Crippen LogP contribution in [-0.4, -0.2) is 90.9 Å². The molecule has 1 unspecified atom stereocenters. The third-order valence-corrected chi connectivity index (χ3v) is 6.70. The summed E-state index contributed by atoms with van der Waals surface area (Å²) in [5.41, 5.74) is 0.483. The number of amides is 2. The number of ether oxygens (including phenoxy) is 2. The maximum absolute atomic E-state index is 13.8. The van der Waals surface area contributed by atoms with E-state index in [1.54, 1.807) is 37.3 Å². The van der Waals surface area contributed by atoms with Gasteiger partial charge in [-0.1, -0.05) is 48.0 Å². The lowest BCUT2D eigenvalue weighted by atomic mass is 10.1. The highest BCUT2D eigenvalue weighted by Gasteiger charge is 2.26. The number of carbonyl (C=O) groups is 3. The Labute approximate surface area is 243 Å². The smallest absolute Gasteiger partial charge is 0.412 e. The first kappa shape index (κ1) is 31.7. The Morgan fingerprint density at radius 1 is 1.05 bits per heavy atom. The van der Waals surface area contributed by atoms with Gasteiger partial charge in [-0.3, -0.25) is 19.8 Å². The molecule has 2 aromatic carbocycles. The number of halogens is 2. The highest BCUT2D eigenvalue weighted by atomic mass is 35.5. The van der Waals surface area contributed by atoms with Crippen LogP contribution in [0.25, 0.3) is 10.8 Å². The number of aliphatic hydroxyl groups is 1. The summed E-state index contributed by atoms with van der Waals surface area (Å²) >= 11 is 6.02. The SMILES string of the molecule is CN(C)CC(=O)OCC(O)C[C@@H](COC(=O)Nc1cc2ccccc2cn1)N(C)C(=O)CCc1cccc(F)c1Cl. The molecule has 12 heteroatoms. The third kappa shape index (κ3) is 9.96. The summed E-state index contributed by atoms with van der Waals surface area (Å²) in [5, 5.41) is 14.9. The lowest BCUT2D eigenvalue weighted by Gasteiger charge is -2.29. The largest absolute Gasteiger partial charge is 0.462 e. The molecular weight excluding hydrogens is 555 g/mol. The van der Waals surface area contributed by atoms with Gasteiger partial charge in [0, 0.05) is 31.5 Å². The van der Waals surface area contributed by atoms with Crippen molar-refractivity contribution in [2.24, 2.45) is 0 Å². The van der Waals surface area contributed by atoms with E-state index in [9.17, 15) is 23.9 Å². The van der Waals surface area contributed by atoms with Crippen molar-refractivity contribution < 1.29 is 33.4 Å². The number of fused-ring (bicyclic) bond motifs is 1. The zero-order valence-electron chi connectivity index (χ0n) is 23.2. The molecule has 1 aromatic heterocycles. The lowest BCUT2D eigenvalue weighted by Crippen LogP contribution is -2.43. The van der Waals surface area contributed by atoms with Crippen molar-refractivity contribution in [3.05, 3.63) is 71.1 Å². The minimum atomic E-state index is -1.13. The summed E-state index contributed by atoms with van der Waals surface area (Å²) in [6, 6.07) is 12.9. The van der Waals surface area contributed by atoms with E-state index in [2.05, 4.69) is 10.3 Å². The predicted molar refractivity (Wildman–Crippen MR) is 153 cm³/mol. The summed E-state index contributed by atoms with van der Waals surface area (Å²) in [4.78, 5) is 44.7. The Hall–Kier alpha value is -3.80. The van der Waals surface area contributed by atoms with Gasteiger partial charge in [0.05, 0.1) is 23.7 Å². The molecule has 0 radical (unpaired) electrons. The molecule has 0 fully saturated rings. The molecule has 2 atom stereocenters. The van der Waals surface area contributed by atoms with Gasteiger partial charge in [-0.15, -0.1) is 0 Å². The van der Waals surface area contributed by atoms with Gasteiger partial charge in [0.25, 0.3) is 0 Å². The van der Waals surface area contributed by atoms with E-state index >= 15 is 0 Å². The van der Waals surface area contributed by atoms with Crippen molar-refractivity contribution >= 4 is 46.2 Å². The molecule has 3 aromatic rings. The second-order valence-electron chi connectivity index (χ2n) is 9.82. The average molecular weight is 589 g/mol. The first-order valence-corrected chi connectivity index (χ1v) is 13.4. The van der Waals surface area contributed by atoms with Crippen LogP contribution in [0.4, 0.5) is 15.0 Å². The van der Waals surface area contributed by atoms with Gasteiger partial charge in [-0.2, -0.15) is 0 Å². The van der Waals surface area contributed by atoms with Gasteiger partial charge >= 0.3 is 12.1 Å². The summed E-state index contributed by atoms with van der Waals surface area (Å²) in [6.45, 7) is -0.508. The molecule has 0 saturated heterocycles. The van der Waals surface area contributed by atoms with Gasteiger partial charge in [0.1, 0.15) is 24.8 Å². The molecule has 0 aliphatic rings. The number of hydrogen-bond acceptors (Lipinski definition) is 8. The van der Waals surface area contributed by atoms with E-state index in [1.165, 1.54) is 24.1 Å². The lowest BCUT2D eigenvalue weighted by molar-refractivity contribution is -0.148. The van der Waals surface area contributed by atoms with Crippen LogP contribution < -0.4 is 5.32 Å². The second kappa shape index (κ2) is 15.3. The number of aryl methyl sites for hydroxylation is 1. The number of carbonyl (C=O) groups excluding carboxylic acids is 3. The van der Waals surface area contributed by atoms with Gasteiger partial charge < -0.3 is 19.5 Å². The summed E-state index contributed by atoms with van der Waals surface area (Å²) < 4.78 is 24.3. The Kier molecular flexibility index (Phi) is 11.8. The molecule has 0 spiro atoms. The summed E-state index contributed by atoms with van der Waals surface area (Å²) in [5.74, 6) is -1.14. The fourth-order valence-corrected chi connectivity index (χ4v) is 4.26. The molecule has 0 saturated carbocycles. The Morgan fingerprint density at radius 2 is 1.78 bits per heavy atom. The number of esters is 1. The van der Waals surface area contributed by atoms with Crippen molar-refractivity contribution in [1.82, 2.24) is 14.8 Å². The van der Waals surface area contributed by atoms with Crippen LogP contribution in [0.2, 0.25) is 5.02 Å². The van der Waals surface area contributed by atoms with Crippen molar-refractivity contribution in [1.29, 1.82) is 0 Å². The monoisotopic (exact) mass is 588 g/mol. The van der Waals surface area contributed by atoms with Crippen LogP contribution in [-0.2, 0) is 25.5 Å². The fraction of sp³-hybridized carbons (Fsp3) is 0.379. The van der Waals surface area contributed by atoms with Gasteiger partial charge in [0.15, 0.2) is 0 Å². The molecule has 2 N–H and O–H groups in total. The van der Waals surface area contributed by atoms with Crippen molar-refractivity contribution in [3.8, 4) is 0 Å². The number of nitrogens with zero attached hydrogens (tertiary/aromatic N) is 3. The van der Waals surface area contributed by atoms with Crippen LogP contribution in [0.1, 0.15) is 18.4 Å². The highest BCUT2D eigenvalue weighted by Crippen LogP contribution is 2.22. The van der Waals surface area contributed by atoms with E-state index in [1.807, 2.05) is 24.3 Å². The van der Waals surface area contributed by atoms with Gasteiger partial charge in [-0.05, 0) is 43.6 Å². The maximum Gasteiger partial charge on any atom is 0.412 e. The number of pyridine rings is 1. The summed E-state index contributed by atoms with van der Waals surface area (Å²) in [7, 11) is 4.93. The van der Waals surface area contributed by atoms with E-state index < -0.39 is 30.0 Å². The van der Waals surface area contributed by atoms with E-state index in [0.717, 1.165) is 10.8 Å². The molecule has 1 heterocycles. The second-order valence-corrected chi connectivity index (χ2v) is 10.2. The van der Waals surface area contributed by atoms with Crippen molar-refractivity contribution in [3.63, 3.8) is 0 Å². The zero-order chi connectivity index (χ0) is 29.9. The quantitative estimate of drug-likeness (QED) is 0.289. The number of hydrogen-bond donors (Lipinski definition) is 2. The minimum absolute atomic E-state index is 0.00268. The molecular formula is C29H34ClFN4O6. The first-order valence-electron chi connectivity index (χ1n) is 13.0. The number of aliphatic hydroxyl groups excluding tert-OH is 1. The normalized spacial score (nSPS) is 12.6. The van der Waals surface area contributed by atoms with E-state index in [4.69, 9.17) is 21.1 Å². The number of rotatable bonds is 13.